The van der Waals surface area contributed by atoms with E-state index in [9.17, 15) is 0 Å². The molecule has 4 heterocycles. The van der Waals surface area contributed by atoms with E-state index < -0.39 is 0 Å². The molecule has 0 spiro atoms. The summed E-state index contributed by atoms with van der Waals surface area (Å²) in [6.45, 7) is 0. The van der Waals surface area contributed by atoms with Gasteiger partial charge in [0.2, 0.25) is 0 Å². The highest BCUT2D eigenvalue weighted by atomic mass is 15.3. The fraction of sp³-hybridized carbons (Fsp3) is 0.143. The number of pyridine rings is 1. The van der Waals surface area contributed by atoms with E-state index in [1.807, 2.05) is 86.7 Å². The van der Waals surface area contributed by atoms with E-state index in [1.54, 1.807) is 9.36 Å². The number of nitrogens with one attached hydrogen (secondary N) is 1. The molecule has 0 radical (unpaired) electrons. The van der Waals surface area contributed by atoms with E-state index in [-0.39, 0.29) is 0 Å². The lowest BCUT2D eigenvalue weighted by Gasteiger charge is -2.08. The van der Waals surface area contributed by atoms with Gasteiger partial charge in [-0.25, -0.2) is 4.98 Å². The Kier molecular flexibility index (Phi) is 3.90. The van der Waals surface area contributed by atoms with Crippen molar-refractivity contribution < 1.29 is 0 Å². The van der Waals surface area contributed by atoms with Crippen molar-refractivity contribution in [1.29, 1.82) is 0 Å². The number of aryl methyl sites for hydroxylation is 3. The minimum Gasteiger partial charge on any atom is -0.325 e. The zero-order chi connectivity index (χ0) is 20.0. The lowest BCUT2D eigenvalue weighted by molar-refractivity contribution is 0.771. The Labute approximate surface area is 167 Å². The second-order valence-corrected chi connectivity index (χ2v) is 6.96. The molecule has 0 amide bonds. The Hall–Kier alpha value is -3.94. The minimum atomic E-state index is 0.712. The minimum absolute atomic E-state index is 0.712. The van der Waals surface area contributed by atoms with Crippen LogP contribution in [0.3, 0.4) is 0 Å². The first-order chi connectivity index (χ1) is 14.1. The van der Waals surface area contributed by atoms with Crippen LogP contribution in [0.4, 0.5) is 11.6 Å². The molecule has 5 aromatic rings. The molecular weight excluding hydrogens is 364 g/mol. The van der Waals surface area contributed by atoms with Gasteiger partial charge in [-0.1, -0.05) is 30.3 Å². The van der Waals surface area contributed by atoms with Crippen LogP contribution in [0.25, 0.3) is 33.5 Å². The van der Waals surface area contributed by atoms with Crippen molar-refractivity contribution in [3.63, 3.8) is 0 Å². The largest absolute Gasteiger partial charge is 0.325 e. The third-order valence-corrected chi connectivity index (χ3v) is 4.90. The smallest absolute Gasteiger partial charge is 0.160 e. The van der Waals surface area contributed by atoms with Gasteiger partial charge in [0.1, 0.15) is 11.6 Å². The van der Waals surface area contributed by atoms with Crippen molar-refractivity contribution in [3.8, 4) is 22.5 Å². The van der Waals surface area contributed by atoms with Crippen LogP contribution in [0.5, 0.6) is 0 Å². The summed E-state index contributed by atoms with van der Waals surface area (Å²) in [5.74, 6) is 1.56. The van der Waals surface area contributed by atoms with Crippen LogP contribution < -0.4 is 5.32 Å². The van der Waals surface area contributed by atoms with Crippen LogP contribution in [-0.2, 0) is 21.1 Å². The highest BCUT2D eigenvalue weighted by Crippen LogP contribution is 2.30. The molecule has 0 aliphatic heterocycles. The summed E-state index contributed by atoms with van der Waals surface area (Å²) in [7, 11) is 5.71. The maximum atomic E-state index is 4.76. The summed E-state index contributed by atoms with van der Waals surface area (Å²) in [5, 5.41) is 17.9. The van der Waals surface area contributed by atoms with Gasteiger partial charge in [-0.3, -0.25) is 14.0 Å². The van der Waals surface area contributed by atoms with E-state index in [0.29, 0.717) is 5.82 Å². The predicted molar refractivity (Wildman–Crippen MR) is 113 cm³/mol. The summed E-state index contributed by atoms with van der Waals surface area (Å²) in [6.07, 6.45) is 3.76. The van der Waals surface area contributed by atoms with Crippen molar-refractivity contribution >= 4 is 22.7 Å². The lowest BCUT2D eigenvalue weighted by Crippen LogP contribution is -2.02. The van der Waals surface area contributed by atoms with Gasteiger partial charge >= 0.3 is 0 Å². The van der Waals surface area contributed by atoms with Gasteiger partial charge in [0.25, 0.3) is 0 Å². The molecule has 8 heteroatoms. The molecule has 29 heavy (non-hydrogen) atoms. The molecular formula is C21H20N8. The standard InChI is InChI=1S/C21H20N8/c1-27-10-9-17(25-27)15-11-19(24-21-16(15)13-22-29(21)3)23-20-12-18(26-28(20)2)14-7-5-4-6-8-14/h4-13H,1-3H3,(H,23,24). The van der Waals surface area contributed by atoms with Crippen LogP contribution >= 0.6 is 0 Å². The predicted octanol–water partition coefficient (Wildman–Crippen LogP) is 3.51. The first kappa shape index (κ1) is 17.2. The SMILES string of the molecule is Cn1ccc(-c2cc(Nc3cc(-c4ccccc4)nn3C)nc3c2cnn3C)n1. The lowest BCUT2D eigenvalue weighted by atomic mass is 10.1. The van der Waals surface area contributed by atoms with Crippen LogP contribution in [0.15, 0.2) is 60.9 Å². The van der Waals surface area contributed by atoms with Gasteiger partial charge in [-0.15, -0.1) is 0 Å². The number of rotatable bonds is 4. The van der Waals surface area contributed by atoms with Gasteiger partial charge < -0.3 is 5.32 Å². The summed E-state index contributed by atoms with van der Waals surface area (Å²) < 4.78 is 5.38. The Morgan fingerprint density at radius 2 is 1.69 bits per heavy atom. The highest BCUT2D eigenvalue weighted by molar-refractivity contribution is 5.93. The zero-order valence-corrected chi connectivity index (χ0v) is 16.4. The quantitative estimate of drug-likeness (QED) is 0.513. The average Bonchev–Trinajstić information content (AvgIpc) is 3.42. The van der Waals surface area contributed by atoms with E-state index in [4.69, 9.17) is 4.98 Å². The Bertz CT molecular complexity index is 1310. The Morgan fingerprint density at radius 3 is 2.45 bits per heavy atom. The second kappa shape index (κ2) is 6.59. The van der Waals surface area contributed by atoms with Crippen molar-refractivity contribution in [1.82, 2.24) is 34.3 Å². The number of nitrogens with zero attached hydrogens (tertiary/aromatic N) is 7. The number of aromatic nitrogens is 7. The molecule has 0 fully saturated rings. The number of hydrogen-bond donors (Lipinski definition) is 1. The van der Waals surface area contributed by atoms with E-state index in [0.717, 1.165) is 39.4 Å². The molecule has 0 saturated heterocycles. The maximum absolute atomic E-state index is 4.76. The van der Waals surface area contributed by atoms with Gasteiger partial charge in [0.15, 0.2) is 5.65 Å². The topological polar surface area (TPSA) is 78.4 Å². The molecule has 0 saturated carbocycles. The molecule has 144 valence electrons. The molecule has 0 bridgehead atoms. The molecule has 5 rings (SSSR count). The average molecular weight is 384 g/mol. The molecule has 1 aromatic carbocycles. The first-order valence-corrected chi connectivity index (χ1v) is 9.28. The van der Waals surface area contributed by atoms with Crippen LogP contribution in [-0.4, -0.2) is 34.3 Å². The Morgan fingerprint density at radius 1 is 0.862 bits per heavy atom. The molecule has 0 unspecified atom stereocenters. The summed E-state index contributed by atoms with van der Waals surface area (Å²) in [5.41, 5.74) is 4.63. The van der Waals surface area contributed by atoms with Gasteiger partial charge in [-0.2, -0.15) is 15.3 Å². The number of fused-ring (bicyclic) bond motifs is 1. The molecule has 0 aliphatic carbocycles. The fourth-order valence-corrected chi connectivity index (χ4v) is 3.41. The van der Waals surface area contributed by atoms with E-state index in [1.165, 1.54) is 0 Å². The molecule has 1 N–H and O–H groups in total. The maximum Gasteiger partial charge on any atom is 0.160 e. The fourth-order valence-electron chi connectivity index (χ4n) is 3.41. The highest BCUT2D eigenvalue weighted by Gasteiger charge is 2.15. The van der Waals surface area contributed by atoms with E-state index >= 15 is 0 Å². The number of anilines is 2. The van der Waals surface area contributed by atoms with Gasteiger partial charge in [0.05, 0.1) is 17.6 Å². The van der Waals surface area contributed by atoms with Crippen molar-refractivity contribution in [2.24, 2.45) is 21.1 Å². The molecule has 4 aromatic heterocycles. The second-order valence-electron chi connectivity index (χ2n) is 6.96. The normalized spacial score (nSPS) is 11.3. The third kappa shape index (κ3) is 3.04. The number of benzene rings is 1. The summed E-state index contributed by atoms with van der Waals surface area (Å²) in [6, 6.07) is 16.1. The van der Waals surface area contributed by atoms with Gasteiger partial charge in [0, 0.05) is 49.9 Å². The van der Waals surface area contributed by atoms with Crippen LogP contribution in [0.1, 0.15) is 0 Å². The molecule has 0 aliphatic rings. The monoisotopic (exact) mass is 384 g/mol. The Balaban J connectivity index is 1.58. The van der Waals surface area contributed by atoms with Crippen LogP contribution in [0.2, 0.25) is 0 Å². The third-order valence-electron chi connectivity index (χ3n) is 4.90. The molecule has 0 atom stereocenters. The van der Waals surface area contributed by atoms with Crippen molar-refractivity contribution in [2.45, 2.75) is 0 Å². The van der Waals surface area contributed by atoms with Gasteiger partial charge in [-0.05, 0) is 12.1 Å². The van der Waals surface area contributed by atoms with Crippen molar-refractivity contribution in [2.75, 3.05) is 5.32 Å². The summed E-state index contributed by atoms with van der Waals surface area (Å²) in [4.78, 5) is 4.76. The van der Waals surface area contributed by atoms with Crippen molar-refractivity contribution in [3.05, 3.63) is 60.9 Å². The van der Waals surface area contributed by atoms with E-state index in [2.05, 4.69) is 20.6 Å². The zero-order valence-electron chi connectivity index (χ0n) is 16.4. The molecule has 8 nitrogen and oxygen atoms in total. The first-order valence-electron chi connectivity index (χ1n) is 9.28. The number of hydrogen-bond acceptors (Lipinski definition) is 5. The van der Waals surface area contributed by atoms with Crippen LogP contribution in [0, 0.1) is 0 Å². The summed E-state index contributed by atoms with van der Waals surface area (Å²) >= 11 is 0.